The summed E-state index contributed by atoms with van der Waals surface area (Å²) in [5.41, 5.74) is -1.98. The van der Waals surface area contributed by atoms with E-state index in [9.17, 15) is 14.4 Å². The van der Waals surface area contributed by atoms with Crippen molar-refractivity contribution in [3.05, 3.63) is 0 Å². The summed E-state index contributed by atoms with van der Waals surface area (Å²) >= 11 is 11.7. The van der Waals surface area contributed by atoms with Crippen LogP contribution in [-0.2, 0) is 14.4 Å². The second-order valence-electron chi connectivity index (χ2n) is 6.95. The third-order valence-electron chi connectivity index (χ3n) is 5.65. The lowest BCUT2D eigenvalue weighted by molar-refractivity contribution is -0.177. The molecule has 2 unspecified atom stereocenters. The number of rotatable bonds is 3. The summed E-state index contributed by atoms with van der Waals surface area (Å²) in [6.07, 6.45) is 3.61. The van der Waals surface area contributed by atoms with Gasteiger partial charge in [-0.25, -0.2) is 0 Å². The fourth-order valence-electron chi connectivity index (χ4n) is 5.27. The zero-order valence-electron chi connectivity index (χ0n) is 10.8. The summed E-state index contributed by atoms with van der Waals surface area (Å²) in [6.45, 7) is 1.56. The van der Waals surface area contributed by atoms with Crippen molar-refractivity contribution in [3.8, 4) is 0 Å². The molecule has 0 aromatic heterocycles. The highest BCUT2D eigenvalue weighted by Crippen LogP contribution is 2.70. The molecular formula is C14H16Cl2O3. The van der Waals surface area contributed by atoms with Gasteiger partial charge in [-0.3, -0.25) is 14.4 Å². The lowest BCUT2D eigenvalue weighted by atomic mass is 9.39. The minimum Gasteiger partial charge on any atom is -0.299 e. The first-order valence-electron chi connectivity index (χ1n) is 6.65. The Labute approximate surface area is 122 Å². The van der Waals surface area contributed by atoms with Gasteiger partial charge < -0.3 is 0 Å². The third-order valence-corrected chi connectivity index (χ3v) is 6.45. The average Bonchev–Trinajstić information content (AvgIpc) is 2.26. The number of hydrogen-bond donors (Lipinski definition) is 0. The maximum absolute atomic E-state index is 12.1. The lowest BCUT2D eigenvalue weighted by Gasteiger charge is -2.63. The molecule has 0 radical (unpaired) electrons. The van der Waals surface area contributed by atoms with Crippen molar-refractivity contribution < 1.29 is 14.4 Å². The number of carbonyl (C=O) groups excluding carboxylic acids is 3. The van der Waals surface area contributed by atoms with Crippen molar-refractivity contribution in [2.24, 2.45) is 22.2 Å². The Morgan fingerprint density at radius 3 is 1.58 bits per heavy atom. The van der Waals surface area contributed by atoms with E-state index >= 15 is 0 Å². The minimum absolute atomic E-state index is 0.0705. The molecule has 0 saturated heterocycles. The Morgan fingerprint density at radius 2 is 1.21 bits per heavy atom. The molecule has 104 valence electrons. The molecule has 0 aliphatic heterocycles. The summed E-state index contributed by atoms with van der Waals surface area (Å²) in [7, 11) is 0. The summed E-state index contributed by atoms with van der Waals surface area (Å²) in [6, 6.07) is 0. The van der Waals surface area contributed by atoms with Gasteiger partial charge >= 0.3 is 0 Å². The average molecular weight is 303 g/mol. The van der Waals surface area contributed by atoms with Gasteiger partial charge in [-0.1, -0.05) is 0 Å². The van der Waals surface area contributed by atoms with E-state index in [1.54, 1.807) is 6.92 Å². The van der Waals surface area contributed by atoms with Crippen LogP contribution in [0.25, 0.3) is 0 Å². The molecule has 19 heavy (non-hydrogen) atoms. The molecule has 2 atom stereocenters. The van der Waals surface area contributed by atoms with Crippen LogP contribution in [0.4, 0.5) is 0 Å². The Morgan fingerprint density at radius 1 is 0.842 bits per heavy atom. The van der Waals surface area contributed by atoms with Crippen LogP contribution in [0.15, 0.2) is 0 Å². The smallest absolute Gasteiger partial charge is 0.227 e. The van der Waals surface area contributed by atoms with E-state index in [1.165, 1.54) is 0 Å². The Hall–Kier alpha value is -0.410. The number of halogens is 2. The van der Waals surface area contributed by atoms with Crippen molar-refractivity contribution in [3.63, 3.8) is 0 Å². The van der Waals surface area contributed by atoms with E-state index in [0.29, 0.717) is 32.1 Å². The predicted octanol–water partition coefficient (Wildman–Crippen LogP) is 3.06. The molecule has 4 saturated carbocycles. The maximum Gasteiger partial charge on any atom is 0.227 e. The van der Waals surface area contributed by atoms with E-state index in [1.807, 2.05) is 0 Å². The van der Waals surface area contributed by atoms with Crippen LogP contribution in [0.1, 0.15) is 45.4 Å². The molecule has 4 bridgehead atoms. The molecule has 0 N–H and O–H groups in total. The first kappa shape index (κ1) is 13.6. The Bertz CT molecular complexity index is 420. The standard InChI is InChI=1S/C14H16Cl2O3/c1-8(17)12-2-9-3-13(5-12,10(15)18)7-14(4-9,6-12)11(16)19/h9H,2-7H2,1H3. The van der Waals surface area contributed by atoms with Gasteiger partial charge in [0, 0.05) is 16.2 Å². The van der Waals surface area contributed by atoms with Crippen LogP contribution in [0.2, 0.25) is 0 Å². The van der Waals surface area contributed by atoms with Crippen LogP contribution in [0.3, 0.4) is 0 Å². The quantitative estimate of drug-likeness (QED) is 0.753. The van der Waals surface area contributed by atoms with Gasteiger partial charge in [0.15, 0.2) is 0 Å². The molecule has 0 heterocycles. The topological polar surface area (TPSA) is 51.2 Å². The number of Topliss-reactive ketones (excluding diaryl/α,β-unsaturated/α-hetero) is 1. The third kappa shape index (κ3) is 1.67. The zero-order chi connectivity index (χ0) is 14.1. The summed E-state index contributed by atoms with van der Waals surface area (Å²) in [4.78, 5) is 36.0. The SMILES string of the molecule is CC(=O)C12CC3CC(C(=O)Cl)(C1)CC(C(=O)Cl)(C3)C2. The molecular weight excluding hydrogens is 287 g/mol. The van der Waals surface area contributed by atoms with Crippen molar-refractivity contribution >= 4 is 39.5 Å². The van der Waals surface area contributed by atoms with E-state index in [-0.39, 0.29) is 11.7 Å². The molecule has 0 aromatic carbocycles. The first-order valence-corrected chi connectivity index (χ1v) is 7.40. The summed E-state index contributed by atoms with van der Waals surface area (Å²) in [5, 5.41) is -0.797. The molecule has 4 aliphatic rings. The second kappa shape index (κ2) is 3.82. The highest BCUT2D eigenvalue weighted by atomic mass is 35.5. The largest absolute Gasteiger partial charge is 0.299 e. The number of hydrogen-bond acceptors (Lipinski definition) is 3. The minimum atomic E-state index is -0.711. The molecule has 4 fully saturated rings. The highest BCUT2D eigenvalue weighted by molar-refractivity contribution is 6.66. The van der Waals surface area contributed by atoms with Crippen LogP contribution >= 0.6 is 23.2 Å². The van der Waals surface area contributed by atoms with Crippen molar-refractivity contribution in [1.82, 2.24) is 0 Å². The second-order valence-corrected chi connectivity index (χ2v) is 7.64. The van der Waals surface area contributed by atoms with E-state index in [4.69, 9.17) is 23.2 Å². The number of carbonyl (C=O) groups is 3. The molecule has 0 amide bonds. The molecule has 3 nitrogen and oxygen atoms in total. The Balaban J connectivity index is 2.13. The Kier molecular flexibility index (Phi) is 2.73. The van der Waals surface area contributed by atoms with Crippen LogP contribution in [0, 0.1) is 22.2 Å². The van der Waals surface area contributed by atoms with Crippen LogP contribution in [0.5, 0.6) is 0 Å². The molecule has 5 heteroatoms. The summed E-state index contributed by atoms with van der Waals surface area (Å²) < 4.78 is 0. The van der Waals surface area contributed by atoms with Crippen LogP contribution in [-0.4, -0.2) is 16.3 Å². The van der Waals surface area contributed by atoms with Crippen molar-refractivity contribution in [1.29, 1.82) is 0 Å². The predicted molar refractivity (Wildman–Crippen MR) is 70.9 cm³/mol. The zero-order valence-corrected chi connectivity index (χ0v) is 12.3. The fourth-order valence-corrected chi connectivity index (χ4v) is 5.69. The van der Waals surface area contributed by atoms with E-state index in [2.05, 4.69) is 0 Å². The molecule has 4 rings (SSSR count). The summed E-state index contributed by atoms with van der Waals surface area (Å²) in [5.74, 6) is 0.284. The van der Waals surface area contributed by atoms with Crippen LogP contribution < -0.4 is 0 Å². The van der Waals surface area contributed by atoms with Gasteiger partial charge in [-0.15, -0.1) is 0 Å². The van der Waals surface area contributed by atoms with Gasteiger partial charge in [0.25, 0.3) is 0 Å². The van der Waals surface area contributed by atoms with Gasteiger partial charge in [0.1, 0.15) is 5.78 Å². The first-order chi connectivity index (χ1) is 8.74. The highest BCUT2D eigenvalue weighted by Gasteiger charge is 2.68. The lowest BCUT2D eigenvalue weighted by Crippen LogP contribution is -2.62. The monoisotopic (exact) mass is 302 g/mol. The number of ketones is 1. The van der Waals surface area contributed by atoms with E-state index < -0.39 is 26.7 Å². The van der Waals surface area contributed by atoms with Crippen molar-refractivity contribution in [2.45, 2.75) is 45.4 Å². The fraction of sp³-hybridized carbons (Fsp3) is 0.786. The van der Waals surface area contributed by atoms with Gasteiger partial charge in [0.2, 0.25) is 10.5 Å². The van der Waals surface area contributed by atoms with E-state index in [0.717, 1.165) is 6.42 Å². The van der Waals surface area contributed by atoms with Gasteiger partial charge in [-0.05, 0) is 74.6 Å². The molecule has 4 aliphatic carbocycles. The van der Waals surface area contributed by atoms with Gasteiger partial charge in [-0.2, -0.15) is 0 Å². The molecule has 0 aromatic rings. The van der Waals surface area contributed by atoms with Gasteiger partial charge in [0.05, 0.1) is 0 Å². The van der Waals surface area contributed by atoms with Crippen molar-refractivity contribution in [2.75, 3.05) is 0 Å². The normalized spacial score (nSPS) is 47.2. The molecule has 0 spiro atoms. The maximum atomic E-state index is 12.1.